The molecule has 4 nitrogen and oxygen atoms in total. The molecular weight excluding hydrogens is 264 g/mol. The van der Waals surface area contributed by atoms with Gasteiger partial charge in [0.2, 0.25) is 11.8 Å². The van der Waals surface area contributed by atoms with Crippen molar-refractivity contribution >= 4 is 17.3 Å². The Balaban J connectivity index is 2.18. The average molecular weight is 279 g/mol. The number of hydrogen-bond donors (Lipinski definition) is 1. The molecule has 0 aliphatic rings. The van der Waals surface area contributed by atoms with Gasteiger partial charge in [0.25, 0.3) is 0 Å². The fourth-order valence-corrected chi connectivity index (χ4v) is 1.56. The van der Waals surface area contributed by atoms with Crippen LogP contribution in [0.1, 0.15) is 13.8 Å². The van der Waals surface area contributed by atoms with Crippen LogP contribution in [0.4, 0.5) is 5.69 Å². The van der Waals surface area contributed by atoms with Crippen molar-refractivity contribution in [2.75, 3.05) is 5.73 Å². The Morgan fingerprint density at radius 2 is 1.79 bits per heavy atom. The van der Waals surface area contributed by atoms with Crippen molar-refractivity contribution in [1.29, 1.82) is 0 Å². The molecule has 0 aliphatic carbocycles. The highest BCUT2D eigenvalue weighted by molar-refractivity contribution is 6.30. The van der Waals surface area contributed by atoms with Gasteiger partial charge in [-0.1, -0.05) is 11.6 Å². The molecule has 0 aliphatic heterocycles. The molecule has 0 unspecified atom stereocenters. The first-order valence-electron chi connectivity index (χ1n) is 5.91. The SMILES string of the molecule is CC(C)Oc1nc(Oc2ccc(Cl)cc2)ccc1N. The summed E-state index contributed by atoms with van der Waals surface area (Å²) in [7, 11) is 0. The standard InChI is InChI=1S/C14H15ClN2O2/c1-9(2)18-14-12(16)7-8-13(17-14)19-11-5-3-10(15)4-6-11/h3-9H,16H2,1-2H3. The summed E-state index contributed by atoms with van der Waals surface area (Å²) >= 11 is 5.81. The zero-order valence-electron chi connectivity index (χ0n) is 10.8. The second-order valence-corrected chi connectivity index (χ2v) is 4.70. The van der Waals surface area contributed by atoms with Crippen LogP contribution in [-0.4, -0.2) is 11.1 Å². The molecule has 2 aromatic rings. The van der Waals surface area contributed by atoms with Crippen LogP contribution in [0, 0.1) is 0 Å². The van der Waals surface area contributed by atoms with E-state index in [1.165, 1.54) is 0 Å². The van der Waals surface area contributed by atoms with Crippen LogP contribution < -0.4 is 15.2 Å². The molecule has 100 valence electrons. The number of pyridine rings is 1. The summed E-state index contributed by atoms with van der Waals surface area (Å²) in [5.41, 5.74) is 6.27. The molecule has 19 heavy (non-hydrogen) atoms. The van der Waals surface area contributed by atoms with E-state index in [4.69, 9.17) is 26.8 Å². The quantitative estimate of drug-likeness (QED) is 0.921. The van der Waals surface area contributed by atoms with E-state index >= 15 is 0 Å². The molecule has 5 heteroatoms. The summed E-state index contributed by atoms with van der Waals surface area (Å²) in [5, 5.41) is 0.654. The van der Waals surface area contributed by atoms with Gasteiger partial charge < -0.3 is 15.2 Å². The third-order valence-corrected chi connectivity index (χ3v) is 2.50. The zero-order chi connectivity index (χ0) is 13.8. The van der Waals surface area contributed by atoms with Crippen molar-refractivity contribution in [2.45, 2.75) is 20.0 Å². The number of rotatable bonds is 4. The highest BCUT2D eigenvalue weighted by Crippen LogP contribution is 2.27. The normalized spacial score (nSPS) is 10.5. The number of hydrogen-bond acceptors (Lipinski definition) is 4. The zero-order valence-corrected chi connectivity index (χ0v) is 11.5. The van der Waals surface area contributed by atoms with Crippen LogP contribution in [-0.2, 0) is 0 Å². The van der Waals surface area contributed by atoms with E-state index in [1.807, 2.05) is 13.8 Å². The Hall–Kier alpha value is -1.94. The molecule has 0 radical (unpaired) electrons. The largest absolute Gasteiger partial charge is 0.473 e. The lowest BCUT2D eigenvalue weighted by atomic mass is 10.3. The van der Waals surface area contributed by atoms with Gasteiger partial charge in [-0.05, 0) is 44.2 Å². The predicted octanol–water partition coefficient (Wildman–Crippen LogP) is 3.90. The van der Waals surface area contributed by atoms with Crippen LogP contribution in [0.3, 0.4) is 0 Å². The Labute approximate surface area is 117 Å². The first-order chi connectivity index (χ1) is 9.04. The predicted molar refractivity (Wildman–Crippen MR) is 75.9 cm³/mol. The van der Waals surface area contributed by atoms with Crippen molar-refractivity contribution in [3.8, 4) is 17.5 Å². The lowest BCUT2D eigenvalue weighted by Gasteiger charge is -2.12. The van der Waals surface area contributed by atoms with Crippen molar-refractivity contribution in [1.82, 2.24) is 4.98 Å². The number of nitrogens with two attached hydrogens (primary N) is 1. The third kappa shape index (κ3) is 3.76. The first kappa shape index (κ1) is 13.5. The van der Waals surface area contributed by atoms with E-state index in [-0.39, 0.29) is 6.10 Å². The maximum Gasteiger partial charge on any atom is 0.240 e. The molecule has 0 bridgehead atoms. The Kier molecular flexibility index (Phi) is 4.12. The van der Waals surface area contributed by atoms with Crippen molar-refractivity contribution < 1.29 is 9.47 Å². The van der Waals surface area contributed by atoms with Gasteiger partial charge in [-0.25, -0.2) is 0 Å². The van der Waals surface area contributed by atoms with Gasteiger partial charge in [0.05, 0.1) is 11.8 Å². The van der Waals surface area contributed by atoms with E-state index in [0.717, 1.165) is 0 Å². The number of ether oxygens (including phenoxy) is 2. The van der Waals surface area contributed by atoms with Crippen molar-refractivity contribution in [2.24, 2.45) is 0 Å². The number of halogens is 1. The maximum absolute atomic E-state index is 5.81. The minimum absolute atomic E-state index is 0.000539. The highest BCUT2D eigenvalue weighted by atomic mass is 35.5. The molecule has 1 heterocycles. The lowest BCUT2D eigenvalue weighted by Crippen LogP contribution is -2.09. The molecule has 1 aromatic heterocycles. The smallest absolute Gasteiger partial charge is 0.240 e. The highest BCUT2D eigenvalue weighted by Gasteiger charge is 2.08. The van der Waals surface area contributed by atoms with Gasteiger partial charge in [0, 0.05) is 11.1 Å². The lowest BCUT2D eigenvalue weighted by molar-refractivity contribution is 0.232. The molecular formula is C14H15ClN2O2. The summed E-state index contributed by atoms with van der Waals surface area (Å²) < 4.78 is 11.1. The number of nitrogen functional groups attached to an aromatic ring is 1. The van der Waals surface area contributed by atoms with E-state index in [1.54, 1.807) is 36.4 Å². The third-order valence-electron chi connectivity index (χ3n) is 2.25. The van der Waals surface area contributed by atoms with Gasteiger partial charge in [-0.3, -0.25) is 0 Å². The maximum atomic E-state index is 5.81. The van der Waals surface area contributed by atoms with Crippen LogP contribution in [0.25, 0.3) is 0 Å². The minimum Gasteiger partial charge on any atom is -0.473 e. The molecule has 0 fully saturated rings. The molecule has 2 rings (SSSR count). The second-order valence-electron chi connectivity index (χ2n) is 4.27. The number of nitrogens with zero attached hydrogens (tertiary/aromatic N) is 1. The Morgan fingerprint density at radius 1 is 1.11 bits per heavy atom. The van der Waals surface area contributed by atoms with E-state index in [9.17, 15) is 0 Å². The Bertz CT molecular complexity index is 556. The molecule has 0 spiro atoms. The number of aromatic nitrogens is 1. The van der Waals surface area contributed by atoms with Crippen molar-refractivity contribution in [3.63, 3.8) is 0 Å². The topological polar surface area (TPSA) is 57.4 Å². The van der Waals surface area contributed by atoms with Gasteiger partial charge in [0.1, 0.15) is 5.75 Å². The molecule has 1 aromatic carbocycles. The van der Waals surface area contributed by atoms with Crippen LogP contribution in [0.2, 0.25) is 5.02 Å². The Morgan fingerprint density at radius 3 is 2.42 bits per heavy atom. The monoisotopic (exact) mass is 278 g/mol. The summed E-state index contributed by atoms with van der Waals surface area (Å²) in [6.45, 7) is 3.82. The molecule has 0 saturated carbocycles. The fraction of sp³-hybridized carbons (Fsp3) is 0.214. The molecule has 0 saturated heterocycles. The number of anilines is 1. The molecule has 0 amide bonds. The van der Waals surface area contributed by atoms with Gasteiger partial charge in [-0.15, -0.1) is 0 Å². The van der Waals surface area contributed by atoms with Crippen LogP contribution in [0.15, 0.2) is 36.4 Å². The molecule has 0 atom stereocenters. The first-order valence-corrected chi connectivity index (χ1v) is 6.29. The van der Waals surface area contributed by atoms with Gasteiger partial charge >= 0.3 is 0 Å². The fourth-order valence-electron chi connectivity index (χ4n) is 1.43. The second kappa shape index (κ2) is 5.80. The summed E-state index contributed by atoms with van der Waals surface area (Å²) in [4.78, 5) is 4.23. The summed E-state index contributed by atoms with van der Waals surface area (Å²) in [6, 6.07) is 10.4. The average Bonchev–Trinajstić information content (AvgIpc) is 2.36. The molecule has 2 N–H and O–H groups in total. The van der Waals surface area contributed by atoms with E-state index in [2.05, 4.69) is 4.98 Å². The van der Waals surface area contributed by atoms with Crippen LogP contribution in [0.5, 0.6) is 17.5 Å². The van der Waals surface area contributed by atoms with Gasteiger partial charge in [0.15, 0.2) is 0 Å². The van der Waals surface area contributed by atoms with Crippen molar-refractivity contribution in [3.05, 3.63) is 41.4 Å². The summed E-state index contributed by atoms with van der Waals surface area (Å²) in [5.74, 6) is 1.45. The van der Waals surface area contributed by atoms with Crippen LogP contribution >= 0.6 is 11.6 Å². The van der Waals surface area contributed by atoms with E-state index in [0.29, 0.717) is 28.2 Å². The van der Waals surface area contributed by atoms with Gasteiger partial charge in [-0.2, -0.15) is 4.98 Å². The van der Waals surface area contributed by atoms with E-state index < -0.39 is 0 Å². The minimum atomic E-state index is 0.000539. The number of benzene rings is 1. The summed E-state index contributed by atoms with van der Waals surface area (Å²) in [6.07, 6.45) is 0.000539.